The summed E-state index contributed by atoms with van der Waals surface area (Å²) in [6.07, 6.45) is 10.3. The highest BCUT2D eigenvalue weighted by Gasteiger charge is 2.17. The summed E-state index contributed by atoms with van der Waals surface area (Å²) in [5.74, 6) is 2.75. The highest BCUT2D eigenvalue weighted by Crippen LogP contribution is 2.28. The minimum atomic E-state index is 0.709. The second kappa shape index (κ2) is 5.31. The second-order valence-corrected chi connectivity index (χ2v) is 4.47. The number of aryl methyl sites for hydroxylation is 1. The van der Waals surface area contributed by atoms with E-state index in [2.05, 4.69) is 4.98 Å². The Balaban J connectivity index is 1.83. The van der Waals surface area contributed by atoms with E-state index in [0.29, 0.717) is 6.54 Å². The van der Waals surface area contributed by atoms with Crippen LogP contribution < -0.4 is 5.73 Å². The molecule has 1 fully saturated rings. The fourth-order valence-corrected chi connectivity index (χ4v) is 2.31. The Morgan fingerprint density at radius 3 is 2.93 bits per heavy atom. The Morgan fingerprint density at radius 2 is 2.20 bits per heavy atom. The van der Waals surface area contributed by atoms with E-state index < -0.39 is 0 Å². The maximum Gasteiger partial charge on any atom is 0.194 e. The smallest absolute Gasteiger partial charge is 0.194 e. The van der Waals surface area contributed by atoms with Crippen molar-refractivity contribution in [3.8, 4) is 0 Å². The highest BCUT2D eigenvalue weighted by molar-refractivity contribution is 4.96. The predicted octanol–water partition coefficient (Wildman–Crippen LogP) is 2.30. The molecule has 3 nitrogen and oxygen atoms in total. The first-order chi connectivity index (χ1) is 7.38. The molecule has 0 saturated heterocycles. The van der Waals surface area contributed by atoms with Crippen LogP contribution in [0.1, 0.15) is 43.8 Å². The molecule has 1 aliphatic rings. The third-order valence-corrected chi connectivity index (χ3v) is 3.16. The number of nitrogens with zero attached hydrogens (tertiary/aromatic N) is 1. The van der Waals surface area contributed by atoms with E-state index in [9.17, 15) is 0 Å². The zero-order valence-corrected chi connectivity index (χ0v) is 9.24. The Hall–Kier alpha value is -0.830. The molecule has 1 aromatic rings. The normalized spacial score (nSPS) is 17.4. The van der Waals surface area contributed by atoms with Gasteiger partial charge in [-0.2, -0.15) is 0 Å². The third-order valence-electron chi connectivity index (χ3n) is 3.16. The van der Waals surface area contributed by atoms with E-state index in [1.165, 1.54) is 25.7 Å². The molecule has 0 amide bonds. The van der Waals surface area contributed by atoms with Gasteiger partial charge in [0.15, 0.2) is 5.89 Å². The van der Waals surface area contributed by atoms with Crippen LogP contribution in [0.5, 0.6) is 0 Å². The topological polar surface area (TPSA) is 52.0 Å². The number of rotatable bonds is 5. The van der Waals surface area contributed by atoms with Crippen LogP contribution in [0, 0.1) is 5.92 Å². The summed E-state index contributed by atoms with van der Waals surface area (Å²) in [5, 5.41) is 0. The average molecular weight is 208 g/mol. The highest BCUT2D eigenvalue weighted by atomic mass is 16.4. The van der Waals surface area contributed by atoms with Gasteiger partial charge in [-0.05, 0) is 18.9 Å². The molecule has 0 radical (unpaired) electrons. The molecule has 2 N–H and O–H groups in total. The summed E-state index contributed by atoms with van der Waals surface area (Å²) in [6.45, 7) is 0.709. The zero-order valence-electron chi connectivity index (χ0n) is 9.24. The van der Waals surface area contributed by atoms with Crippen LogP contribution in [0.4, 0.5) is 0 Å². The van der Waals surface area contributed by atoms with E-state index in [0.717, 1.165) is 36.8 Å². The number of hydrogen-bond donors (Lipinski definition) is 1. The van der Waals surface area contributed by atoms with Gasteiger partial charge in [-0.1, -0.05) is 25.7 Å². The monoisotopic (exact) mass is 208 g/mol. The number of aromatic nitrogens is 1. The number of hydrogen-bond acceptors (Lipinski definition) is 3. The molecular formula is C12H20N2O. The van der Waals surface area contributed by atoms with Crippen molar-refractivity contribution in [3.63, 3.8) is 0 Å². The van der Waals surface area contributed by atoms with E-state index in [1.807, 2.05) is 6.20 Å². The molecule has 0 bridgehead atoms. The standard InChI is InChI=1S/C12H20N2O/c13-7-3-6-12-14-9-11(15-12)8-10-4-1-2-5-10/h9-10H,1-8,13H2. The first kappa shape index (κ1) is 10.7. The molecule has 0 aromatic carbocycles. The summed E-state index contributed by atoms with van der Waals surface area (Å²) in [5.41, 5.74) is 5.45. The van der Waals surface area contributed by atoms with Gasteiger partial charge in [-0.3, -0.25) is 0 Å². The minimum absolute atomic E-state index is 0.709. The Morgan fingerprint density at radius 1 is 1.40 bits per heavy atom. The van der Waals surface area contributed by atoms with Crippen LogP contribution in [0.3, 0.4) is 0 Å². The summed E-state index contributed by atoms with van der Waals surface area (Å²) in [7, 11) is 0. The van der Waals surface area contributed by atoms with Gasteiger partial charge in [0.05, 0.1) is 6.20 Å². The van der Waals surface area contributed by atoms with Crippen LogP contribution in [0.2, 0.25) is 0 Å². The van der Waals surface area contributed by atoms with Crippen LogP contribution in [0.15, 0.2) is 10.6 Å². The third kappa shape index (κ3) is 3.06. The van der Waals surface area contributed by atoms with Gasteiger partial charge in [0, 0.05) is 12.8 Å². The summed E-state index contributed by atoms with van der Waals surface area (Å²) < 4.78 is 5.68. The van der Waals surface area contributed by atoms with Crippen molar-refractivity contribution < 1.29 is 4.42 Å². The lowest BCUT2D eigenvalue weighted by Crippen LogP contribution is -2.00. The van der Waals surface area contributed by atoms with E-state index in [1.54, 1.807) is 0 Å². The maximum atomic E-state index is 5.68. The quantitative estimate of drug-likeness (QED) is 0.807. The van der Waals surface area contributed by atoms with Crippen molar-refractivity contribution in [1.82, 2.24) is 4.98 Å². The van der Waals surface area contributed by atoms with Crippen molar-refractivity contribution in [2.75, 3.05) is 6.54 Å². The molecule has 0 atom stereocenters. The fourth-order valence-electron chi connectivity index (χ4n) is 2.31. The molecule has 1 heterocycles. The van der Waals surface area contributed by atoms with E-state index >= 15 is 0 Å². The van der Waals surface area contributed by atoms with E-state index in [4.69, 9.17) is 10.2 Å². The molecule has 3 heteroatoms. The maximum absolute atomic E-state index is 5.68. The molecule has 0 unspecified atom stereocenters. The molecular weight excluding hydrogens is 188 g/mol. The predicted molar refractivity (Wildman–Crippen MR) is 59.5 cm³/mol. The van der Waals surface area contributed by atoms with Gasteiger partial charge in [-0.25, -0.2) is 4.98 Å². The zero-order chi connectivity index (χ0) is 10.5. The van der Waals surface area contributed by atoms with Crippen LogP contribution in [-0.4, -0.2) is 11.5 Å². The van der Waals surface area contributed by atoms with Crippen molar-refractivity contribution in [2.24, 2.45) is 11.7 Å². The fraction of sp³-hybridized carbons (Fsp3) is 0.750. The van der Waals surface area contributed by atoms with Gasteiger partial charge in [0.1, 0.15) is 5.76 Å². The molecule has 15 heavy (non-hydrogen) atoms. The minimum Gasteiger partial charge on any atom is -0.446 e. The number of nitrogens with two attached hydrogens (primary N) is 1. The van der Waals surface area contributed by atoms with Crippen LogP contribution >= 0.6 is 0 Å². The van der Waals surface area contributed by atoms with Crippen LogP contribution in [-0.2, 0) is 12.8 Å². The van der Waals surface area contributed by atoms with Crippen molar-refractivity contribution in [3.05, 3.63) is 17.8 Å². The van der Waals surface area contributed by atoms with Gasteiger partial charge < -0.3 is 10.2 Å². The summed E-state index contributed by atoms with van der Waals surface area (Å²) in [4.78, 5) is 4.27. The molecule has 1 saturated carbocycles. The molecule has 2 rings (SSSR count). The largest absolute Gasteiger partial charge is 0.446 e. The van der Waals surface area contributed by atoms with Gasteiger partial charge in [0.25, 0.3) is 0 Å². The van der Waals surface area contributed by atoms with Crippen molar-refractivity contribution in [1.29, 1.82) is 0 Å². The van der Waals surface area contributed by atoms with Crippen molar-refractivity contribution >= 4 is 0 Å². The molecule has 1 aromatic heterocycles. The molecule has 84 valence electrons. The Labute approximate surface area is 91.1 Å². The van der Waals surface area contributed by atoms with E-state index in [-0.39, 0.29) is 0 Å². The van der Waals surface area contributed by atoms with Crippen LogP contribution in [0.25, 0.3) is 0 Å². The Bertz CT molecular complexity index is 290. The Kier molecular flexibility index (Phi) is 3.78. The molecule has 0 aliphatic heterocycles. The van der Waals surface area contributed by atoms with Gasteiger partial charge in [-0.15, -0.1) is 0 Å². The average Bonchev–Trinajstić information content (AvgIpc) is 2.87. The van der Waals surface area contributed by atoms with Crippen molar-refractivity contribution in [2.45, 2.75) is 44.9 Å². The summed E-state index contributed by atoms with van der Waals surface area (Å²) >= 11 is 0. The number of oxazole rings is 1. The lowest BCUT2D eigenvalue weighted by Gasteiger charge is -2.04. The SMILES string of the molecule is NCCCc1ncc(CC2CCCC2)o1. The van der Waals surface area contributed by atoms with Gasteiger partial charge in [0.2, 0.25) is 0 Å². The molecule has 1 aliphatic carbocycles. The van der Waals surface area contributed by atoms with Gasteiger partial charge >= 0.3 is 0 Å². The first-order valence-electron chi connectivity index (χ1n) is 6.02. The summed E-state index contributed by atoms with van der Waals surface area (Å²) in [6, 6.07) is 0. The lowest BCUT2D eigenvalue weighted by atomic mass is 10.0. The second-order valence-electron chi connectivity index (χ2n) is 4.47. The first-order valence-corrected chi connectivity index (χ1v) is 6.02. The lowest BCUT2D eigenvalue weighted by molar-refractivity contribution is 0.412. The molecule has 0 spiro atoms.